The topological polar surface area (TPSA) is 99.0 Å². The highest BCUT2D eigenvalue weighted by Crippen LogP contribution is 2.35. The number of imidazole rings is 1. The molecule has 162 valence electrons. The van der Waals surface area contributed by atoms with Crippen LogP contribution in [0.1, 0.15) is 48.7 Å². The summed E-state index contributed by atoms with van der Waals surface area (Å²) in [6.45, 7) is 8.43. The van der Waals surface area contributed by atoms with E-state index in [1.807, 2.05) is 0 Å². The molecule has 1 amide bonds. The fraction of sp³-hybridized carbons (Fsp3) is 0.238. The van der Waals surface area contributed by atoms with Crippen LogP contribution >= 0.6 is 11.3 Å². The number of pyridine rings is 1. The Labute approximate surface area is 181 Å². The zero-order chi connectivity index (χ0) is 22.7. The first-order chi connectivity index (χ1) is 14.8. The molecule has 1 N–H and O–H groups in total. The summed E-state index contributed by atoms with van der Waals surface area (Å²) in [4.78, 5) is 42.4. The second kappa shape index (κ2) is 9.09. The fourth-order valence-electron chi connectivity index (χ4n) is 3.02. The summed E-state index contributed by atoms with van der Waals surface area (Å²) < 4.78 is 25.2. The molecular formula is C21H20FN3O5S. The number of esters is 2. The second-order valence-corrected chi connectivity index (χ2v) is 7.46. The van der Waals surface area contributed by atoms with Gasteiger partial charge in [0.05, 0.1) is 17.9 Å². The molecule has 0 radical (unpaired) electrons. The Hall–Kier alpha value is -3.53. The zero-order valence-electron chi connectivity index (χ0n) is 17.2. The van der Waals surface area contributed by atoms with Crippen LogP contribution in [0, 0.1) is 19.7 Å². The molecule has 8 nitrogen and oxygen atoms in total. The summed E-state index contributed by atoms with van der Waals surface area (Å²) in [6, 6.07) is 2.69. The van der Waals surface area contributed by atoms with Crippen LogP contribution in [-0.2, 0) is 9.47 Å². The van der Waals surface area contributed by atoms with Gasteiger partial charge in [-0.3, -0.25) is 9.20 Å². The van der Waals surface area contributed by atoms with Gasteiger partial charge in [0.1, 0.15) is 33.6 Å². The number of halogens is 1. The van der Waals surface area contributed by atoms with Gasteiger partial charge in [0.15, 0.2) is 0 Å². The number of hydrogen-bond acceptors (Lipinski definition) is 7. The molecule has 3 aromatic rings. The lowest BCUT2D eigenvalue weighted by Gasteiger charge is -2.08. The van der Waals surface area contributed by atoms with Gasteiger partial charge in [0, 0.05) is 6.20 Å². The van der Waals surface area contributed by atoms with Gasteiger partial charge in [-0.25, -0.2) is 19.0 Å². The number of fused-ring (bicyclic) bond motifs is 1. The number of nitrogens with zero attached hydrogens (tertiary/aromatic N) is 2. The number of amides is 1. The lowest BCUT2D eigenvalue weighted by atomic mass is 10.1. The lowest BCUT2D eigenvalue weighted by molar-refractivity contribution is 0.0527. The van der Waals surface area contributed by atoms with Crippen molar-refractivity contribution in [2.75, 3.05) is 18.5 Å². The van der Waals surface area contributed by atoms with E-state index in [1.165, 1.54) is 22.6 Å². The molecule has 0 bridgehead atoms. The van der Waals surface area contributed by atoms with Gasteiger partial charge in [-0.1, -0.05) is 12.7 Å². The molecule has 0 aliphatic heterocycles. The van der Waals surface area contributed by atoms with Crippen LogP contribution in [0.2, 0.25) is 0 Å². The standard InChI is InChI=1S/C21H20FN3O5S/c1-5-9-30-21(28)17-11(3)15(20(27)29-6-2)19(31-17)24-18(26)16-12(4)23-14-8-7-13(22)10-25(14)16/h5,7-8,10H,1,6,9H2,2-4H3,(H,24,26). The number of aromatic nitrogens is 2. The number of aryl methyl sites for hydroxylation is 1. The Kier molecular flexibility index (Phi) is 6.50. The minimum atomic E-state index is -0.685. The third-order valence-electron chi connectivity index (χ3n) is 4.34. The maximum atomic E-state index is 13.7. The predicted octanol–water partition coefficient (Wildman–Crippen LogP) is 3.92. The number of carbonyl (C=O) groups excluding carboxylic acids is 3. The Bertz CT molecular complexity index is 1200. The van der Waals surface area contributed by atoms with E-state index < -0.39 is 23.7 Å². The van der Waals surface area contributed by atoms with Crippen molar-refractivity contribution in [2.45, 2.75) is 20.8 Å². The predicted molar refractivity (Wildman–Crippen MR) is 113 cm³/mol. The van der Waals surface area contributed by atoms with E-state index in [1.54, 1.807) is 20.8 Å². The molecule has 3 heterocycles. The minimum Gasteiger partial charge on any atom is -0.462 e. The molecule has 0 aliphatic carbocycles. The molecule has 3 rings (SSSR count). The molecule has 10 heteroatoms. The van der Waals surface area contributed by atoms with Crippen LogP contribution in [0.5, 0.6) is 0 Å². The van der Waals surface area contributed by atoms with Gasteiger partial charge in [-0.05, 0) is 38.5 Å². The largest absolute Gasteiger partial charge is 0.462 e. The highest BCUT2D eigenvalue weighted by atomic mass is 32.1. The first-order valence-corrected chi connectivity index (χ1v) is 10.1. The fourth-order valence-corrected chi connectivity index (χ4v) is 4.10. The van der Waals surface area contributed by atoms with E-state index in [-0.39, 0.29) is 34.3 Å². The molecule has 3 aromatic heterocycles. The van der Waals surface area contributed by atoms with Crippen LogP contribution in [0.15, 0.2) is 31.0 Å². The van der Waals surface area contributed by atoms with E-state index in [2.05, 4.69) is 16.9 Å². The first kappa shape index (κ1) is 22.2. The average Bonchev–Trinajstić information content (AvgIpc) is 3.21. The molecule has 0 aliphatic rings. The number of ether oxygens (including phenoxy) is 2. The Morgan fingerprint density at radius 3 is 2.68 bits per heavy atom. The van der Waals surface area contributed by atoms with Gasteiger partial charge in [-0.15, -0.1) is 11.3 Å². The summed E-state index contributed by atoms with van der Waals surface area (Å²) in [7, 11) is 0. The minimum absolute atomic E-state index is 0.000815. The molecular weight excluding hydrogens is 425 g/mol. The third-order valence-corrected chi connectivity index (χ3v) is 5.53. The smallest absolute Gasteiger partial charge is 0.348 e. The van der Waals surface area contributed by atoms with Crippen molar-refractivity contribution in [2.24, 2.45) is 0 Å². The zero-order valence-corrected chi connectivity index (χ0v) is 18.0. The summed E-state index contributed by atoms with van der Waals surface area (Å²) in [5.41, 5.74) is 1.26. The Morgan fingerprint density at radius 1 is 1.26 bits per heavy atom. The number of rotatable bonds is 7. The maximum absolute atomic E-state index is 13.7. The second-order valence-electron chi connectivity index (χ2n) is 6.44. The van der Waals surface area contributed by atoms with Gasteiger partial charge in [-0.2, -0.15) is 0 Å². The molecule has 0 saturated heterocycles. The number of hydrogen-bond donors (Lipinski definition) is 1. The van der Waals surface area contributed by atoms with Crippen LogP contribution < -0.4 is 5.32 Å². The van der Waals surface area contributed by atoms with Crippen molar-refractivity contribution in [1.29, 1.82) is 0 Å². The number of carbonyl (C=O) groups is 3. The summed E-state index contributed by atoms with van der Waals surface area (Å²) >= 11 is 0.894. The molecule has 31 heavy (non-hydrogen) atoms. The molecule has 0 spiro atoms. The van der Waals surface area contributed by atoms with E-state index >= 15 is 0 Å². The van der Waals surface area contributed by atoms with Crippen molar-refractivity contribution >= 4 is 39.8 Å². The lowest BCUT2D eigenvalue weighted by Crippen LogP contribution is -2.17. The Balaban J connectivity index is 2.04. The van der Waals surface area contributed by atoms with Gasteiger partial charge < -0.3 is 14.8 Å². The van der Waals surface area contributed by atoms with Gasteiger partial charge >= 0.3 is 11.9 Å². The molecule has 0 aromatic carbocycles. The quantitative estimate of drug-likeness (QED) is 0.437. The van der Waals surface area contributed by atoms with E-state index in [9.17, 15) is 18.8 Å². The number of anilines is 1. The van der Waals surface area contributed by atoms with Crippen LogP contribution in [0.3, 0.4) is 0 Å². The van der Waals surface area contributed by atoms with Crippen LogP contribution in [0.4, 0.5) is 9.39 Å². The number of nitrogens with one attached hydrogen (secondary N) is 1. The van der Waals surface area contributed by atoms with Crippen molar-refractivity contribution in [3.8, 4) is 0 Å². The molecule has 0 unspecified atom stereocenters. The SMILES string of the molecule is C=CCOC(=O)c1sc(NC(=O)c2c(C)nc3ccc(F)cn23)c(C(=O)OCC)c1C. The summed E-state index contributed by atoms with van der Waals surface area (Å²) in [5, 5.41) is 2.77. The molecule has 0 fully saturated rings. The first-order valence-electron chi connectivity index (χ1n) is 9.32. The average molecular weight is 445 g/mol. The molecule has 0 saturated carbocycles. The Morgan fingerprint density at radius 2 is 2.00 bits per heavy atom. The summed E-state index contributed by atoms with van der Waals surface area (Å²) in [6.07, 6.45) is 2.57. The number of thiophene rings is 1. The van der Waals surface area contributed by atoms with Crippen molar-refractivity contribution in [3.63, 3.8) is 0 Å². The van der Waals surface area contributed by atoms with Gasteiger partial charge in [0.25, 0.3) is 5.91 Å². The highest BCUT2D eigenvalue weighted by molar-refractivity contribution is 7.18. The van der Waals surface area contributed by atoms with Crippen LogP contribution in [-0.4, -0.2) is 40.4 Å². The highest BCUT2D eigenvalue weighted by Gasteiger charge is 2.28. The molecule has 0 atom stereocenters. The maximum Gasteiger partial charge on any atom is 0.348 e. The van der Waals surface area contributed by atoms with E-state index in [4.69, 9.17) is 9.47 Å². The normalized spacial score (nSPS) is 10.7. The van der Waals surface area contributed by atoms with Crippen molar-refractivity contribution in [1.82, 2.24) is 9.38 Å². The summed E-state index contributed by atoms with van der Waals surface area (Å²) in [5.74, 6) is -2.49. The van der Waals surface area contributed by atoms with Crippen LogP contribution in [0.25, 0.3) is 5.65 Å². The van der Waals surface area contributed by atoms with Crippen molar-refractivity contribution in [3.05, 3.63) is 64.2 Å². The van der Waals surface area contributed by atoms with Crippen molar-refractivity contribution < 1.29 is 28.2 Å². The van der Waals surface area contributed by atoms with E-state index in [0.29, 0.717) is 16.9 Å². The van der Waals surface area contributed by atoms with Gasteiger partial charge in [0.2, 0.25) is 0 Å². The third kappa shape index (κ3) is 4.33. The monoisotopic (exact) mass is 445 g/mol. The van der Waals surface area contributed by atoms with E-state index in [0.717, 1.165) is 17.5 Å².